The number of nitrogens with one attached hydrogen (secondary N) is 2. The Bertz CT molecular complexity index is 592. The zero-order valence-electron chi connectivity index (χ0n) is 17.6. The number of hydrogen-bond donors (Lipinski definition) is 2. The van der Waals surface area contributed by atoms with Crippen LogP contribution in [0.4, 0.5) is 0 Å². The van der Waals surface area contributed by atoms with E-state index < -0.39 is 0 Å². The maximum Gasteiger partial charge on any atom is 0.191 e. The van der Waals surface area contributed by atoms with Gasteiger partial charge in [-0.1, -0.05) is 37.6 Å². The number of hydrogen-bond acceptors (Lipinski definition) is 3. The summed E-state index contributed by atoms with van der Waals surface area (Å²) in [5, 5.41) is 7.68. The molecule has 1 aliphatic rings. The monoisotopic (exact) mass is 522 g/mol. The van der Waals surface area contributed by atoms with Crippen LogP contribution in [-0.2, 0) is 4.74 Å². The maximum atomic E-state index is 6.11. The highest BCUT2D eigenvalue weighted by Crippen LogP contribution is 2.20. The van der Waals surface area contributed by atoms with Crippen molar-refractivity contribution in [2.45, 2.75) is 45.8 Å². The zero-order valence-corrected chi connectivity index (χ0v) is 20.7. The van der Waals surface area contributed by atoms with Gasteiger partial charge in [0.25, 0.3) is 0 Å². The molecule has 1 aromatic carbocycles. The minimum absolute atomic E-state index is 0. The van der Waals surface area contributed by atoms with Crippen molar-refractivity contribution in [3.63, 3.8) is 0 Å². The van der Waals surface area contributed by atoms with E-state index in [-0.39, 0.29) is 30.1 Å². The first-order valence-corrected chi connectivity index (χ1v) is 10.4. The minimum Gasteiger partial charge on any atom is -0.375 e. The Morgan fingerprint density at radius 2 is 2.04 bits per heavy atom. The SMILES string of the molecule is CCNC(=NCC(OC)c1cccc(Cl)c1)NC1CCN(CC(C)C)CC1.I. The van der Waals surface area contributed by atoms with Gasteiger partial charge in [0.15, 0.2) is 5.96 Å². The van der Waals surface area contributed by atoms with Crippen molar-refractivity contribution in [2.24, 2.45) is 10.9 Å². The quantitative estimate of drug-likeness (QED) is 0.303. The number of likely N-dealkylation sites (tertiary alicyclic amines) is 1. The largest absolute Gasteiger partial charge is 0.375 e. The first kappa shape index (κ1) is 25.5. The zero-order chi connectivity index (χ0) is 19.6. The standard InChI is InChI=1S/C21H35ClN4O.HI/c1-5-23-21(25-19-9-11-26(12-10-19)15-16(2)3)24-14-20(27-4)17-7-6-8-18(22)13-17;/h6-8,13,16,19-20H,5,9-12,14-15H2,1-4H3,(H2,23,24,25);1H. The summed E-state index contributed by atoms with van der Waals surface area (Å²) in [7, 11) is 1.71. The molecule has 5 nitrogen and oxygen atoms in total. The molecule has 0 radical (unpaired) electrons. The number of guanidine groups is 1. The first-order chi connectivity index (χ1) is 13.0. The topological polar surface area (TPSA) is 48.9 Å². The molecule has 2 rings (SSSR count). The van der Waals surface area contributed by atoms with Crippen molar-refractivity contribution in [2.75, 3.05) is 39.8 Å². The summed E-state index contributed by atoms with van der Waals surface area (Å²) in [6, 6.07) is 8.26. The van der Waals surface area contributed by atoms with Crippen LogP contribution in [0.1, 0.15) is 45.3 Å². The Balaban J connectivity index is 0.00000392. The van der Waals surface area contributed by atoms with Gasteiger partial charge < -0.3 is 20.3 Å². The molecule has 0 bridgehead atoms. The molecule has 160 valence electrons. The van der Waals surface area contributed by atoms with Crippen molar-refractivity contribution in [3.8, 4) is 0 Å². The Morgan fingerprint density at radius 3 is 2.61 bits per heavy atom. The average Bonchev–Trinajstić information content (AvgIpc) is 2.63. The smallest absolute Gasteiger partial charge is 0.191 e. The lowest BCUT2D eigenvalue weighted by atomic mass is 10.0. The van der Waals surface area contributed by atoms with E-state index in [4.69, 9.17) is 21.3 Å². The molecule has 28 heavy (non-hydrogen) atoms. The number of methoxy groups -OCH3 is 1. The van der Waals surface area contributed by atoms with E-state index in [1.807, 2.05) is 24.3 Å². The lowest BCUT2D eigenvalue weighted by molar-refractivity contribution is 0.111. The van der Waals surface area contributed by atoms with E-state index in [0.29, 0.717) is 12.6 Å². The first-order valence-electron chi connectivity index (χ1n) is 10.1. The van der Waals surface area contributed by atoms with Gasteiger partial charge >= 0.3 is 0 Å². The van der Waals surface area contributed by atoms with Gasteiger partial charge in [-0.2, -0.15) is 0 Å². The number of halogens is 2. The van der Waals surface area contributed by atoms with Crippen LogP contribution in [-0.4, -0.2) is 56.7 Å². The summed E-state index contributed by atoms with van der Waals surface area (Å²) in [4.78, 5) is 7.33. The summed E-state index contributed by atoms with van der Waals surface area (Å²) in [6.07, 6.45) is 2.20. The maximum absolute atomic E-state index is 6.11. The second-order valence-electron chi connectivity index (χ2n) is 7.61. The molecule has 0 spiro atoms. The molecule has 1 fully saturated rings. The van der Waals surface area contributed by atoms with Gasteiger partial charge in [0.2, 0.25) is 0 Å². The highest BCUT2D eigenvalue weighted by atomic mass is 127. The summed E-state index contributed by atoms with van der Waals surface area (Å²) >= 11 is 6.11. The summed E-state index contributed by atoms with van der Waals surface area (Å²) in [5.74, 6) is 1.59. The Labute approximate surface area is 192 Å². The highest BCUT2D eigenvalue weighted by molar-refractivity contribution is 14.0. The number of piperidine rings is 1. The van der Waals surface area contributed by atoms with Crippen LogP contribution >= 0.6 is 35.6 Å². The predicted octanol–water partition coefficient (Wildman–Crippen LogP) is 4.32. The van der Waals surface area contributed by atoms with Crippen molar-refractivity contribution < 1.29 is 4.74 Å². The van der Waals surface area contributed by atoms with Crippen LogP contribution in [0.3, 0.4) is 0 Å². The molecule has 2 N–H and O–H groups in total. The van der Waals surface area contributed by atoms with E-state index in [2.05, 4.69) is 36.3 Å². The number of aliphatic imine (C=N–C) groups is 1. The van der Waals surface area contributed by atoms with E-state index in [0.717, 1.165) is 54.9 Å². The molecule has 1 heterocycles. The van der Waals surface area contributed by atoms with Crippen molar-refractivity contribution >= 4 is 41.5 Å². The fraction of sp³-hybridized carbons (Fsp3) is 0.667. The van der Waals surface area contributed by atoms with E-state index in [1.165, 1.54) is 6.54 Å². The van der Waals surface area contributed by atoms with Crippen LogP contribution in [0.15, 0.2) is 29.3 Å². The molecule has 0 aliphatic carbocycles. The fourth-order valence-corrected chi connectivity index (χ4v) is 3.69. The third-order valence-corrected chi connectivity index (χ3v) is 5.05. The Kier molecular flexibility index (Phi) is 12.4. The predicted molar refractivity (Wildman–Crippen MR) is 130 cm³/mol. The lowest BCUT2D eigenvalue weighted by Crippen LogP contribution is -2.49. The van der Waals surface area contributed by atoms with Crippen LogP contribution < -0.4 is 10.6 Å². The van der Waals surface area contributed by atoms with Crippen LogP contribution in [0.25, 0.3) is 0 Å². The molecule has 1 unspecified atom stereocenters. The summed E-state index contributed by atoms with van der Waals surface area (Å²) < 4.78 is 5.63. The molecule has 1 aliphatic heterocycles. The number of rotatable bonds is 8. The number of nitrogens with zero attached hydrogens (tertiary/aromatic N) is 2. The fourth-order valence-electron chi connectivity index (χ4n) is 3.49. The molecule has 1 atom stereocenters. The van der Waals surface area contributed by atoms with E-state index >= 15 is 0 Å². The van der Waals surface area contributed by atoms with Gasteiger partial charge in [-0.05, 0) is 43.4 Å². The normalized spacial score (nSPS) is 17.3. The third kappa shape index (κ3) is 8.84. The highest BCUT2D eigenvalue weighted by Gasteiger charge is 2.20. The van der Waals surface area contributed by atoms with Crippen molar-refractivity contribution in [3.05, 3.63) is 34.9 Å². The Morgan fingerprint density at radius 1 is 1.32 bits per heavy atom. The second-order valence-corrected chi connectivity index (χ2v) is 8.05. The molecular weight excluding hydrogens is 487 g/mol. The third-order valence-electron chi connectivity index (χ3n) is 4.82. The van der Waals surface area contributed by atoms with Crippen molar-refractivity contribution in [1.29, 1.82) is 0 Å². The van der Waals surface area contributed by atoms with Gasteiger partial charge in [0, 0.05) is 44.4 Å². The lowest BCUT2D eigenvalue weighted by Gasteiger charge is -2.34. The summed E-state index contributed by atoms with van der Waals surface area (Å²) in [6.45, 7) is 11.5. The van der Waals surface area contributed by atoms with Crippen molar-refractivity contribution in [1.82, 2.24) is 15.5 Å². The number of ether oxygens (including phenoxy) is 1. The minimum atomic E-state index is -0.105. The molecule has 0 saturated carbocycles. The van der Waals surface area contributed by atoms with Crippen LogP contribution in [0.2, 0.25) is 5.02 Å². The average molecular weight is 523 g/mol. The molecular formula is C21H36ClIN4O. The molecule has 7 heteroatoms. The molecule has 1 saturated heterocycles. The van der Waals surface area contributed by atoms with Gasteiger partial charge in [-0.15, -0.1) is 24.0 Å². The summed E-state index contributed by atoms with van der Waals surface area (Å²) in [5.41, 5.74) is 1.05. The van der Waals surface area contributed by atoms with Gasteiger partial charge in [-0.25, -0.2) is 0 Å². The van der Waals surface area contributed by atoms with E-state index in [9.17, 15) is 0 Å². The van der Waals surface area contributed by atoms with E-state index in [1.54, 1.807) is 7.11 Å². The van der Waals surface area contributed by atoms with Crippen LogP contribution in [0.5, 0.6) is 0 Å². The number of benzene rings is 1. The molecule has 1 aromatic rings. The van der Waals surface area contributed by atoms with Gasteiger partial charge in [0.1, 0.15) is 6.10 Å². The van der Waals surface area contributed by atoms with Crippen LogP contribution in [0, 0.1) is 5.92 Å². The van der Waals surface area contributed by atoms with Gasteiger partial charge in [-0.3, -0.25) is 4.99 Å². The molecule has 0 aromatic heterocycles. The molecule has 0 amide bonds. The Hall–Kier alpha value is -0.570. The van der Waals surface area contributed by atoms with Gasteiger partial charge in [0.05, 0.1) is 6.54 Å². The second kappa shape index (κ2) is 13.6.